The number of carbonyl (C=O) groups excluding carboxylic acids is 2. The molecular formula is C30H43N3O6. The minimum Gasteiger partial charge on any atom is -0.497 e. The van der Waals surface area contributed by atoms with E-state index in [1.807, 2.05) is 19.2 Å². The predicted molar refractivity (Wildman–Crippen MR) is 148 cm³/mol. The van der Waals surface area contributed by atoms with Crippen molar-refractivity contribution in [1.82, 2.24) is 10.2 Å². The van der Waals surface area contributed by atoms with E-state index >= 15 is 0 Å². The van der Waals surface area contributed by atoms with Gasteiger partial charge in [0.25, 0.3) is 0 Å². The second-order valence-electron chi connectivity index (χ2n) is 11.6. The first kappa shape index (κ1) is 27.8. The average molecular weight is 542 g/mol. The summed E-state index contributed by atoms with van der Waals surface area (Å²) in [4.78, 5) is 30.0. The zero-order chi connectivity index (χ0) is 28.0. The summed E-state index contributed by atoms with van der Waals surface area (Å²) in [5, 5.41) is 15.8. The molecular weight excluding hydrogens is 498 g/mol. The number of hydrogen-bond acceptors (Lipinski definition) is 8. The number of benzene rings is 1. The van der Waals surface area contributed by atoms with Crippen LogP contribution >= 0.6 is 0 Å². The number of carbonyl (C=O) groups is 2. The lowest BCUT2D eigenvalue weighted by Gasteiger charge is -2.64. The highest BCUT2D eigenvalue weighted by molar-refractivity contribution is 5.72. The summed E-state index contributed by atoms with van der Waals surface area (Å²) in [6, 6.07) is 5.69. The number of aliphatic hydroxyl groups is 1. The molecule has 1 aromatic carbocycles. The van der Waals surface area contributed by atoms with Crippen molar-refractivity contribution in [2.75, 3.05) is 45.3 Å². The zero-order valence-corrected chi connectivity index (χ0v) is 23.9. The van der Waals surface area contributed by atoms with Crippen LogP contribution in [-0.2, 0) is 19.7 Å². The Bertz CT molecular complexity index is 1140. The van der Waals surface area contributed by atoms with E-state index in [9.17, 15) is 14.7 Å². The maximum atomic E-state index is 13.0. The molecule has 2 fully saturated rings. The molecule has 1 saturated carbocycles. The van der Waals surface area contributed by atoms with Gasteiger partial charge in [0.1, 0.15) is 17.5 Å². The first-order valence-corrected chi connectivity index (χ1v) is 14.3. The number of methoxy groups -OCH3 is 1. The summed E-state index contributed by atoms with van der Waals surface area (Å²) < 4.78 is 17.1. The highest BCUT2D eigenvalue weighted by atomic mass is 16.6. The molecule has 214 valence electrons. The number of nitrogens with zero attached hydrogens (tertiary/aromatic N) is 2. The van der Waals surface area contributed by atoms with Crippen LogP contribution in [0.25, 0.3) is 0 Å². The summed E-state index contributed by atoms with van der Waals surface area (Å²) in [6.07, 6.45) is 7.15. The molecule has 2 N–H and O–H groups in total. The quantitative estimate of drug-likeness (QED) is 0.279. The number of unbranched alkanes of at least 4 members (excludes halogenated alkanes) is 2. The molecule has 9 nitrogen and oxygen atoms in total. The summed E-state index contributed by atoms with van der Waals surface area (Å²) in [5.74, 6) is 0.286. The van der Waals surface area contributed by atoms with Gasteiger partial charge < -0.3 is 29.5 Å². The van der Waals surface area contributed by atoms with Crippen LogP contribution in [0.1, 0.15) is 58.4 Å². The van der Waals surface area contributed by atoms with Gasteiger partial charge in [-0.1, -0.05) is 44.9 Å². The normalized spacial score (nSPS) is 34.2. The highest BCUT2D eigenvalue weighted by Crippen LogP contribution is 2.67. The van der Waals surface area contributed by atoms with Crippen LogP contribution in [0, 0.1) is 5.41 Å². The third kappa shape index (κ3) is 4.03. The van der Waals surface area contributed by atoms with Crippen LogP contribution in [-0.4, -0.2) is 86.3 Å². The summed E-state index contributed by atoms with van der Waals surface area (Å²) >= 11 is 0. The molecule has 0 unspecified atom stereocenters. The molecule has 39 heavy (non-hydrogen) atoms. The Labute approximate surface area is 231 Å². The molecule has 3 heterocycles. The minimum atomic E-state index is -1.61. The third-order valence-corrected chi connectivity index (χ3v) is 9.71. The molecule has 1 spiro atoms. The van der Waals surface area contributed by atoms with Gasteiger partial charge in [0.2, 0.25) is 0 Å². The second kappa shape index (κ2) is 10.3. The molecule has 5 rings (SSSR count). The van der Waals surface area contributed by atoms with E-state index in [4.69, 9.17) is 14.2 Å². The molecule has 1 aromatic rings. The van der Waals surface area contributed by atoms with Crippen molar-refractivity contribution in [3.63, 3.8) is 0 Å². The Morgan fingerprint density at radius 3 is 2.69 bits per heavy atom. The number of amides is 1. The number of likely N-dealkylation sites (N-methyl/N-ethyl adjacent to an activating group) is 1. The van der Waals surface area contributed by atoms with E-state index < -0.39 is 40.6 Å². The van der Waals surface area contributed by atoms with Gasteiger partial charge >= 0.3 is 12.1 Å². The Hall–Kier alpha value is -2.78. The van der Waals surface area contributed by atoms with E-state index in [1.165, 1.54) is 12.5 Å². The summed E-state index contributed by atoms with van der Waals surface area (Å²) in [7, 11) is 3.63. The Morgan fingerprint density at radius 1 is 1.21 bits per heavy atom. The van der Waals surface area contributed by atoms with Gasteiger partial charge in [-0.2, -0.15) is 0 Å². The minimum absolute atomic E-state index is 0.00714. The summed E-state index contributed by atoms with van der Waals surface area (Å²) in [5.41, 5.74) is -0.557. The van der Waals surface area contributed by atoms with Crippen LogP contribution < -0.4 is 15.0 Å². The Balaban J connectivity index is 1.64. The molecule has 1 saturated heterocycles. The molecule has 3 aliphatic heterocycles. The number of esters is 1. The SMILES string of the molecule is CCCCCOC(=O)NC[C@@]1(O)[C@H](OC(C)=O)[C@]2(CC)C=CCN3CC[C@@]4(c5ccc(OC)cc5N(C)[C@@H]14)[C@@H]32. The highest BCUT2D eigenvalue weighted by Gasteiger charge is 2.77. The lowest BCUT2D eigenvalue weighted by molar-refractivity contribution is -0.217. The Kier molecular flexibility index (Phi) is 7.35. The number of anilines is 1. The molecule has 9 heteroatoms. The van der Waals surface area contributed by atoms with E-state index in [1.54, 1.807) is 7.11 Å². The fourth-order valence-electron chi connectivity index (χ4n) is 8.43. The zero-order valence-electron chi connectivity index (χ0n) is 23.9. The van der Waals surface area contributed by atoms with E-state index in [0.717, 1.165) is 50.2 Å². The van der Waals surface area contributed by atoms with Crippen molar-refractivity contribution in [2.45, 2.75) is 82.1 Å². The monoisotopic (exact) mass is 541 g/mol. The fraction of sp³-hybridized carbons (Fsp3) is 0.667. The number of nitrogens with one attached hydrogen (secondary N) is 1. The molecule has 1 amide bonds. The lowest BCUT2D eigenvalue weighted by atomic mass is 9.47. The topological polar surface area (TPSA) is 101 Å². The van der Waals surface area contributed by atoms with Gasteiger partial charge in [-0.25, -0.2) is 4.79 Å². The van der Waals surface area contributed by atoms with Gasteiger partial charge in [0.15, 0.2) is 0 Å². The number of rotatable bonds is 9. The largest absolute Gasteiger partial charge is 0.497 e. The second-order valence-corrected chi connectivity index (χ2v) is 11.6. The lowest BCUT2D eigenvalue weighted by Crippen LogP contribution is -2.81. The van der Waals surface area contributed by atoms with Crippen molar-refractivity contribution in [1.29, 1.82) is 0 Å². The van der Waals surface area contributed by atoms with Crippen molar-refractivity contribution >= 4 is 17.7 Å². The van der Waals surface area contributed by atoms with Crippen LogP contribution in [0.4, 0.5) is 10.5 Å². The summed E-state index contributed by atoms with van der Waals surface area (Å²) in [6.45, 7) is 7.46. The van der Waals surface area contributed by atoms with Crippen LogP contribution in [0.5, 0.6) is 5.75 Å². The smallest absolute Gasteiger partial charge is 0.407 e. The van der Waals surface area contributed by atoms with E-state index in [2.05, 4.69) is 47.2 Å². The molecule has 4 aliphatic rings. The van der Waals surface area contributed by atoms with Gasteiger partial charge in [0.05, 0.1) is 26.3 Å². The average Bonchev–Trinajstić information content (AvgIpc) is 3.44. The number of fused-ring (bicyclic) bond motifs is 1. The first-order chi connectivity index (χ1) is 18.7. The number of hydrogen-bond donors (Lipinski definition) is 2. The number of alkyl carbamates (subject to hydrolysis) is 1. The van der Waals surface area contributed by atoms with Crippen molar-refractivity contribution in [3.05, 3.63) is 35.9 Å². The van der Waals surface area contributed by atoms with Gasteiger partial charge in [-0.15, -0.1) is 0 Å². The van der Waals surface area contributed by atoms with Crippen LogP contribution in [0.15, 0.2) is 30.4 Å². The van der Waals surface area contributed by atoms with Crippen molar-refractivity contribution in [2.24, 2.45) is 5.41 Å². The van der Waals surface area contributed by atoms with Crippen LogP contribution in [0.2, 0.25) is 0 Å². The predicted octanol–water partition coefficient (Wildman–Crippen LogP) is 3.38. The van der Waals surface area contributed by atoms with Gasteiger partial charge in [-0.3, -0.25) is 9.69 Å². The standard InChI is InChI=1S/C30H43N3O6/c1-6-8-9-17-38-27(35)31-19-30(36)25-29(22-12-11-21(37-5)18-23(22)32(25)4)14-16-33-15-10-13-28(7-2,24(29)33)26(30)39-20(3)34/h10-13,18,24-26,36H,6-9,14-17,19H2,1-5H3,(H,31,35)/t24-,25+,26+,28+,29+,30-/m0/s1. The van der Waals surface area contributed by atoms with E-state index in [-0.39, 0.29) is 12.6 Å². The maximum Gasteiger partial charge on any atom is 0.407 e. The first-order valence-electron chi connectivity index (χ1n) is 14.3. The van der Waals surface area contributed by atoms with Crippen LogP contribution in [0.3, 0.4) is 0 Å². The molecule has 0 aromatic heterocycles. The molecule has 0 bridgehead atoms. The Morgan fingerprint density at radius 2 is 2.00 bits per heavy atom. The van der Waals surface area contributed by atoms with E-state index in [0.29, 0.717) is 13.0 Å². The molecule has 1 aliphatic carbocycles. The van der Waals surface area contributed by atoms with Crippen molar-refractivity contribution < 1.29 is 28.9 Å². The third-order valence-electron chi connectivity index (χ3n) is 9.71. The van der Waals surface area contributed by atoms with Gasteiger partial charge in [0, 0.05) is 49.1 Å². The van der Waals surface area contributed by atoms with Gasteiger partial charge in [-0.05, 0) is 37.4 Å². The molecule has 6 atom stereocenters. The number of ether oxygens (including phenoxy) is 3. The fourth-order valence-corrected chi connectivity index (χ4v) is 8.43. The van der Waals surface area contributed by atoms with Crippen molar-refractivity contribution in [3.8, 4) is 5.75 Å². The maximum absolute atomic E-state index is 13.0. The molecule has 0 radical (unpaired) electrons.